The molecule has 1 unspecified atom stereocenters. The van der Waals surface area contributed by atoms with Gasteiger partial charge >= 0.3 is 0 Å². The molecule has 21 heavy (non-hydrogen) atoms. The molecule has 0 bridgehead atoms. The molecule has 1 aliphatic heterocycles. The van der Waals surface area contributed by atoms with Gasteiger partial charge in [0.1, 0.15) is 23.5 Å². The molecule has 106 valence electrons. The molecule has 0 spiro atoms. The van der Waals surface area contributed by atoms with Crippen LogP contribution in [0.25, 0.3) is 17.0 Å². The molecular formula is C15H13N3O3. The maximum atomic E-state index is 10.2. The molecular weight excluding hydrogens is 270 g/mol. The van der Waals surface area contributed by atoms with Gasteiger partial charge in [0.2, 0.25) is 5.90 Å². The Labute approximate surface area is 120 Å². The predicted octanol–water partition coefficient (Wildman–Crippen LogP) is 1.57. The zero-order valence-corrected chi connectivity index (χ0v) is 11.1. The number of benzene rings is 1. The van der Waals surface area contributed by atoms with Crippen LogP contribution in [0.2, 0.25) is 0 Å². The molecule has 0 fully saturated rings. The summed E-state index contributed by atoms with van der Waals surface area (Å²) in [4.78, 5) is 7.13. The standard InChI is InChI=1S/C15H13N3O3/c16-6-9(15-17-7-10(8-19)21-15)5-13-14(20)11-3-1-2-4-12(11)18-13/h1-5,10,18-20H,7-8H2. The van der Waals surface area contributed by atoms with Crippen LogP contribution in [0.3, 0.4) is 0 Å². The summed E-state index contributed by atoms with van der Waals surface area (Å²) in [7, 11) is 0. The van der Waals surface area contributed by atoms with Crippen molar-refractivity contribution >= 4 is 22.9 Å². The van der Waals surface area contributed by atoms with Crippen LogP contribution in [-0.2, 0) is 4.74 Å². The first-order valence-electron chi connectivity index (χ1n) is 6.46. The van der Waals surface area contributed by atoms with Crippen molar-refractivity contribution in [3.63, 3.8) is 0 Å². The molecule has 1 aromatic heterocycles. The minimum Gasteiger partial charge on any atom is -0.505 e. The number of H-pyrrole nitrogens is 1. The Kier molecular flexibility index (Phi) is 3.34. The number of hydrogen-bond acceptors (Lipinski definition) is 5. The third-order valence-electron chi connectivity index (χ3n) is 3.27. The Morgan fingerprint density at radius 3 is 3.00 bits per heavy atom. The molecule has 0 saturated heterocycles. The second-order valence-corrected chi connectivity index (χ2v) is 4.67. The van der Waals surface area contributed by atoms with Crippen LogP contribution in [0, 0.1) is 11.3 Å². The van der Waals surface area contributed by atoms with Gasteiger partial charge in [-0.3, -0.25) is 0 Å². The van der Waals surface area contributed by atoms with Gasteiger partial charge in [0, 0.05) is 10.9 Å². The van der Waals surface area contributed by atoms with Gasteiger partial charge in [0.15, 0.2) is 0 Å². The summed E-state index contributed by atoms with van der Waals surface area (Å²) in [6.45, 7) is 0.173. The Morgan fingerprint density at radius 2 is 2.33 bits per heavy atom. The lowest BCUT2D eigenvalue weighted by atomic mass is 10.2. The van der Waals surface area contributed by atoms with E-state index in [1.165, 1.54) is 6.08 Å². The van der Waals surface area contributed by atoms with Crippen LogP contribution < -0.4 is 0 Å². The maximum absolute atomic E-state index is 10.2. The fraction of sp³-hybridized carbons (Fsp3) is 0.200. The van der Waals surface area contributed by atoms with Gasteiger partial charge < -0.3 is 19.9 Å². The SMILES string of the molecule is N#CC(=Cc1[nH]c2ccccc2c1O)C1=NCC(CO)O1. The smallest absolute Gasteiger partial charge is 0.227 e. The number of aliphatic imine (C=N–C) groups is 1. The van der Waals surface area contributed by atoms with Gasteiger partial charge in [-0.05, 0) is 18.2 Å². The number of para-hydroxylation sites is 1. The summed E-state index contributed by atoms with van der Waals surface area (Å²) in [5.74, 6) is 0.269. The molecule has 0 aliphatic carbocycles. The van der Waals surface area contributed by atoms with Crippen molar-refractivity contribution in [3.05, 3.63) is 35.5 Å². The summed E-state index contributed by atoms with van der Waals surface area (Å²) >= 11 is 0. The van der Waals surface area contributed by atoms with Crippen molar-refractivity contribution in [1.29, 1.82) is 5.26 Å². The number of nitrogens with one attached hydrogen (secondary N) is 1. The molecule has 0 saturated carbocycles. The lowest BCUT2D eigenvalue weighted by Crippen LogP contribution is -2.17. The van der Waals surface area contributed by atoms with Crippen molar-refractivity contribution in [2.45, 2.75) is 6.10 Å². The van der Waals surface area contributed by atoms with E-state index in [1.54, 1.807) is 6.07 Å². The minimum absolute atomic E-state index is 0.0793. The van der Waals surface area contributed by atoms with Crippen LogP contribution >= 0.6 is 0 Å². The minimum atomic E-state index is -0.409. The molecule has 3 N–H and O–H groups in total. The molecule has 3 rings (SSSR count). The van der Waals surface area contributed by atoms with E-state index in [2.05, 4.69) is 9.98 Å². The molecule has 1 aromatic carbocycles. The number of rotatable bonds is 3. The number of aliphatic hydroxyl groups excluding tert-OH is 1. The number of aromatic hydroxyl groups is 1. The molecule has 2 heterocycles. The van der Waals surface area contributed by atoms with Crippen LogP contribution in [0.15, 0.2) is 34.8 Å². The van der Waals surface area contributed by atoms with Crippen LogP contribution in [-0.4, -0.2) is 40.4 Å². The van der Waals surface area contributed by atoms with Crippen molar-refractivity contribution in [2.24, 2.45) is 4.99 Å². The summed E-state index contributed by atoms with van der Waals surface area (Å²) in [5.41, 5.74) is 1.40. The van der Waals surface area contributed by atoms with E-state index < -0.39 is 6.10 Å². The number of aliphatic hydroxyl groups is 1. The zero-order valence-electron chi connectivity index (χ0n) is 11.1. The maximum Gasteiger partial charge on any atom is 0.227 e. The molecule has 6 nitrogen and oxygen atoms in total. The highest BCUT2D eigenvalue weighted by Gasteiger charge is 2.22. The van der Waals surface area contributed by atoms with Gasteiger partial charge in [-0.2, -0.15) is 5.26 Å². The van der Waals surface area contributed by atoms with E-state index in [0.29, 0.717) is 17.6 Å². The molecule has 1 atom stereocenters. The van der Waals surface area contributed by atoms with E-state index in [9.17, 15) is 10.4 Å². The normalized spacial score (nSPS) is 18.4. The summed E-state index contributed by atoms with van der Waals surface area (Å²) in [6, 6.07) is 9.30. The van der Waals surface area contributed by atoms with Gasteiger partial charge in [0.25, 0.3) is 0 Å². The number of hydrogen-bond donors (Lipinski definition) is 3. The van der Waals surface area contributed by atoms with Crippen molar-refractivity contribution < 1.29 is 14.9 Å². The average Bonchev–Trinajstić information content (AvgIpc) is 3.10. The Hall–Kier alpha value is -2.78. The second-order valence-electron chi connectivity index (χ2n) is 4.67. The lowest BCUT2D eigenvalue weighted by Gasteiger charge is -2.06. The quantitative estimate of drug-likeness (QED) is 0.744. The molecule has 6 heteroatoms. The Morgan fingerprint density at radius 1 is 1.52 bits per heavy atom. The summed E-state index contributed by atoms with van der Waals surface area (Å²) in [6.07, 6.45) is 1.08. The Balaban J connectivity index is 1.98. The fourth-order valence-corrected chi connectivity index (χ4v) is 2.20. The second kappa shape index (κ2) is 5.31. The Bertz CT molecular complexity index is 783. The van der Waals surface area contributed by atoms with E-state index in [0.717, 1.165) is 5.52 Å². The number of nitrogens with zero attached hydrogens (tertiary/aromatic N) is 2. The van der Waals surface area contributed by atoms with Crippen molar-refractivity contribution in [2.75, 3.05) is 13.2 Å². The van der Waals surface area contributed by atoms with E-state index >= 15 is 0 Å². The third kappa shape index (κ3) is 2.35. The van der Waals surface area contributed by atoms with Gasteiger partial charge in [-0.25, -0.2) is 4.99 Å². The highest BCUT2D eigenvalue weighted by atomic mass is 16.5. The van der Waals surface area contributed by atoms with E-state index in [4.69, 9.17) is 9.84 Å². The largest absolute Gasteiger partial charge is 0.505 e. The van der Waals surface area contributed by atoms with Crippen molar-refractivity contribution in [1.82, 2.24) is 4.98 Å². The third-order valence-corrected chi connectivity index (χ3v) is 3.27. The van der Waals surface area contributed by atoms with Gasteiger partial charge in [0.05, 0.1) is 18.8 Å². The molecule has 1 aliphatic rings. The first kappa shape index (κ1) is 13.2. The lowest BCUT2D eigenvalue weighted by molar-refractivity contribution is 0.130. The molecule has 0 radical (unpaired) electrons. The van der Waals surface area contributed by atoms with Gasteiger partial charge in [-0.15, -0.1) is 0 Å². The monoisotopic (exact) mass is 283 g/mol. The number of ether oxygens (including phenoxy) is 1. The number of aromatic amines is 1. The highest BCUT2D eigenvalue weighted by molar-refractivity contribution is 6.03. The number of nitriles is 1. The molecule has 0 amide bonds. The first-order chi connectivity index (χ1) is 10.2. The van der Waals surface area contributed by atoms with Crippen molar-refractivity contribution in [3.8, 4) is 11.8 Å². The van der Waals surface area contributed by atoms with Crippen LogP contribution in [0.4, 0.5) is 0 Å². The van der Waals surface area contributed by atoms with E-state index in [1.807, 2.05) is 24.3 Å². The number of fused-ring (bicyclic) bond motifs is 1. The summed E-state index contributed by atoms with van der Waals surface area (Å²) in [5, 5.41) is 29.1. The van der Waals surface area contributed by atoms with Gasteiger partial charge in [-0.1, -0.05) is 12.1 Å². The fourth-order valence-electron chi connectivity index (χ4n) is 2.20. The first-order valence-corrected chi connectivity index (χ1v) is 6.46. The summed E-state index contributed by atoms with van der Waals surface area (Å²) < 4.78 is 5.36. The predicted molar refractivity (Wildman–Crippen MR) is 77.8 cm³/mol. The van der Waals surface area contributed by atoms with Crippen LogP contribution in [0.5, 0.6) is 5.75 Å². The van der Waals surface area contributed by atoms with Crippen LogP contribution in [0.1, 0.15) is 5.69 Å². The van der Waals surface area contributed by atoms with E-state index in [-0.39, 0.29) is 23.8 Å². The topological polar surface area (TPSA) is 102 Å². The highest BCUT2D eigenvalue weighted by Crippen LogP contribution is 2.30. The average molecular weight is 283 g/mol. The zero-order chi connectivity index (χ0) is 14.8. The molecule has 2 aromatic rings. The number of aromatic nitrogens is 1.